The van der Waals surface area contributed by atoms with Crippen LogP contribution >= 0.6 is 0 Å². The number of carbonyl (C=O) groups excluding carboxylic acids is 1. The number of nitrogens with one attached hydrogen (secondary N) is 1. The molecular formula is C22H21NO5. The maximum Gasteiger partial charge on any atom is 0.258 e. The number of amides is 1. The van der Waals surface area contributed by atoms with Crippen LogP contribution < -0.4 is 24.3 Å². The highest BCUT2D eigenvalue weighted by atomic mass is 16.7. The molecule has 0 saturated carbocycles. The summed E-state index contributed by atoms with van der Waals surface area (Å²) in [5.41, 5.74) is 0.940. The highest BCUT2D eigenvalue weighted by Gasteiger charge is 2.17. The van der Waals surface area contributed by atoms with Gasteiger partial charge >= 0.3 is 0 Å². The lowest BCUT2D eigenvalue weighted by molar-refractivity contribution is -0.123. The molecule has 1 N–H and O–H groups in total. The van der Waals surface area contributed by atoms with Crippen LogP contribution in [-0.2, 0) is 4.79 Å². The molecule has 3 aromatic rings. The van der Waals surface area contributed by atoms with Crippen molar-refractivity contribution in [2.45, 2.75) is 13.0 Å². The minimum absolute atomic E-state index is 0.0651. The summed E-state index contributed by atoms with van der Waals surface area (Å²) >= 11 is 0. The highest BCUT2D eigenvalue weighted by Crippen LogP contribution is 2.34. The fraction of sp³-hybridized carbons (Fsp3) is 0.227. The average molecular weight is 379 g/mol. The van der Waals surface area contributed by atoms with Crippen molar-refractivity contribution in [3.63, 3.8) is 0 Å². The van der Waals surface area contributed by atoms with Gasteiger partial charge in [0.25, 0.3) is 5.91 Å². The summed E-state index contributed by atoms with van der Waals surface area (Å²) in [4.78, 5) is 12.3. The summed E-state index contributed by atoms with van der Waals surface area (Å²) in [7, 11) is 1.63. The quantitative estimate of drug-likeness (QED) is 0.705. The Labute approximate surface area is 163 Å². The van der Waals surface area contributed by atoms with Gasteiger partial charge in [0, 0.05) is 0 Å². The number of hydrogen-bond donors (Lipinski definition) is 1. The Bertz CT molecular complexity index is 1020. The molecule has 4 rings (SSSR count). The van der Waals surface area contributed by atoms with E-state index in [1.807, 2.05) is 61.5 Å². The van der Waals surface area contributed by atoms with E-state index >= 15 is 0 Å². The molecule has 1 amide bonds. The molecule has 1 heterocycles. The minimum Gasteiger partial charge on any atom is -0.497 e. The SMILES string of the molecule is COc1ccc2ccc(OCC(=O)N[C@@H](C)c3ccc4c(c3)OCO4)cc2c1. The van der Waals surface area contributed by atoms with Crippen LogP contribution in [0.5, 0.6) is 23.0 Å². The maximum atomic E-state index is 12.3. The van der Waals surface area contributed by atoms with E-state index in [0.717, 1.165) is 27.8 Å². The van der Waals surface area contributed by atoms with Crippen molar-refractivity contribution in [3.8, 4) is 23.0 Å². The number of hydrogen-bond acceptors (Lipinski definition) is 5. The Morgan fingerprint density at radius 1 is 1.00 bits per heavy atom. The zero-order valence-corrected chi connectivity index (χ0v) is 15.7. The van der Waals surface area contributed by atoms with Gasteiger partial charge in [-0.15, -0.1) is 0 Å². The van der Waals surface area contributed by atoms with Crippen LogP contribution in [-0.4, -0.2) is 26.4 Å². The molecule has 6 heteroatoms. The Hall–Kier alpha value is -3.41. The minimum atomic E-state index is -0.198. The van der Waals surface area contributed by atoms with Crippen LogP contribution in [0.4, 0.5) is 0 Å². The molecule has 1 aliphatic rings. The van der Waals surface area contributed by atoms with E-state index in [1.165, 1.54) is 0 Å². The lowest BCUT2D eigenvalue weighted by Crippen LogP contribution is -2.31. The van der Waals surface area contributed by atoms with Crippen LogP contribution in [0, 0.1) is 0 Å². The van der Waals surface area contributed by atoms with Gasteiger partial charge in [-0.2, -0.15) is 0 Å². The van der Waals surface area contributed by atoms with E-state index < -0.39 is 0 Å². The molecule has 144 valence electrons. The second-order valence-electron chi connectivity index (χ2n) is 6.57. The lowest BCUT2D eigenvalue weighted by Gasteiger charge is -2.15. The van der Waals surface area contributed by atoms with Gasteiger partial charge in [-0.1, -0.05) is 18.2 Å². The number of benzene rings is 3. The van der Waals surface area contributed by atoms with Crippen molar-refractivity contribution in [1.82, 2.24) is 5.32 Å². The Morgan fingerprint density at radius 3 is 2.57 bits per heavy atom. The van der Waals surface area contributed by atoms with Crippen LogP contribution in [0.25, 0.3) is 10.8 Å². The van der Waals surface area contributed by atoms with Gasteiger partial charge in [0.15, 0.2) is 18.1 Å². The first kappa shape index (κ1) is 18.0. The average Bonchev–Trinajstić information content (AvgIpc) is 3.19. The molecule has 0 aromatic heterocycles. The molecule has 6 nitrogen and oxygen atoms in total. The summed E-state index contributed by atoms with van der Waals surface area (Å²) in [6, 6.07) is 17.0. The standard InChI is InChI=1S/C22H21NO5/c1-14(16-5-8-20-21(11-16)28-13-27-20)23-22(24)12-26-19-7-4-15-3-6-18(25-2)9-17(15)10-19/h3-11,14H,12-13H2,1-2H3,(H,23,24)/t14-/m0/s1. The Morgan fingerprint density at radius 2 is 1.75 bits per heavy atom. The summed E-state index contributed by atoms with van der Waals surface area (Å²) < 4.78 is 21.6. The predicted molar refractivity (Wildman–Crippen MR) is 105 cm³/mol. The van der Waals surface area contributed by atoms with E-state index in [0.29, 0.717) is 11.5 Å². The van der Waals surface area contributed by atoms with Crippen LogP contribution in [0.3, 0.4) is 0 Å². The van der Waals surface area contributed by atoms with Gasteiger partial charge in [-0.25, -0.2) is 0 Å². The third-order valence-electron chi connectivity index (χ3n) is 4.66. The summed E-state index contributed by atoms with van der Waals surface area (Å²) in [6.45, 7) is 2.08. The summed E-state index contributed by atoms with van der Waals surface area (Å²) in [5, 5.41) is 5.00. The van der Waals surface area contributed by atoms with Crippen LogP contribution in [0.1, 0.15) is 18.5 Å². The zero-order valence-electron chi connectivity index (χ0n) is 15.7. The van der Waals surface area contributed by atoms with Crippen molar-refractivity contribution >= 4 is 16.7 Å². The number of methoxy groups -OCH3 is 1. The monoisotopic (exact) mass is 379 g/mol. The smallest absolute Gasteiger partial charge is 0.258 e. The fourth-order valence-electron chi connectivity index (χ4n) is 3.12. The topological polar surface area (TPSA) is 66.0 Å². The van der Waals surface area contributed by atoms with E-state index in [2.05, 4.69) is 5.32 Å². The summed E-state index contributed by atoms with van der Waals surface area (Å²) in [6.07, 6.45) is 0. The van der Waals surface area contributed by atoms with Gasteiger partial charge in [-0.05, 0) is 59.7 Å². The van der Waals surface area contributed by atoms with E-state index in [1.54, 1.807) is 7.11 Å². The maximum absolute atomic E-state index is 12.3. The van der Waals surface area contributed by atoms with Crippen molar-refractivity contribution < 1.29 is 23.7 Å². The van der Waals surface area contributed by atoms with Gasteiger partial charge < -0.3 is 24.3 Å². The predicted octanol–water partition coefficient (Wildman–Crippen LogP) is 3.83. The van der Waals surface area contributed by atoms with Gasteiger partial charge in [0.1, 0.15) is 11.5 Å². The molecule has 0 saturated heterocycles. The summed E-state index contributed by atoms with van der Waals surface area (Å²) in [5.74, 6) is 2.63. The first-order chi connectivity index (χ1) is 13.6. The highest BCUT2D eigenvalue weighted by molar-refractivity contribution is 5.85. The molecule has 0 bridgehead atoms. The normalized spacial score (nSPS) is 13.2. The zero-order chi connectivity index (χ0) is 19.5. The second kappa shape index (κ2) is 7.68. The number of carbonyl (C=O) groups is 1. The van der Waals surface area contributed by atoms with E-state index in [9.17, 15) is 4.79 Å². The number of ether oxygens (including phenoxy) is 4. The molecule has 3 aromatic carbocycles. The molecular weight excluding hydrogens is 358 g/mol. The first-order valence-corrected chi connectivity index (χ1v) is 9.02. The largest absolute Gasteiger partial charge is 0.497 e. The van der Waals surface area contributed by atoms with Crippen molar-refractivity contribution in [1.29, 1.82) is 0 Å². The first-order valence-electron chi connectivity index (χ1n) is 9.02. The van der Waals surface area contributed by atoms with Gasteiger partial charge in [0.05, 0.1) is 13.2 Å². The molecule has 28 heavy (non-hydrogen) atoms. The van der Waals surface area contributed by atoms with Gasteiger partial charge in [-0.3, -0.25) is 4.79 Å². The van der Waals surface area contributed by atoms with E-state index in [-0.39, 0.29) is 25.3 Å². The molecule has 1 aliphatic heterocycles. The van der Waals surface area contributed by atoms with Crippen molar-refractivity contribution in [3.05, 3.63) is 60.2 Å². The fourth-order valence-corrected chi connectivity index (χ4v) is 3.12. The molecule has 0 fully saturated rings. The van der Waals surface area contributed by atoms with E-state index in [4.69, 9.17) is 18.9 Å². The van der Waals surface area contributed by atoms with Crippen LogP contribution in [0.2, 0.25) is 0 Å². The molecule has 1 atom stereocenters. The molecule has 0 spiro atoms. The van der Waals surface area contributed by atoms with Crippen LogP contribution in [0.15, 0.2) is 54.6 Å². The van der Waals surface area contributed by atoms with Gasteiger partial charge in [0.2, 0.25) is 6.79 Å². The number of fused-ring (bicyclic) bond motifs is 2. The molecule has 0 unspecified atom stereocenters. The third-order valence-corrected chi connectivity index (χ3v) is 4.66. The lowest BCUT2D eigenvalue weighted by atomic mass is 10.1. The van der Waals surface area contributed by atoms with Crippen molar-refractivity contribution in [2.75, 3.05) is 20.5 Å². The number of rotatable bonds is 6. The van der Waals surface area contributed by atoms with Crippen molar-refractivity contribution in [2.24, 2.45) is 0 Å². The third kappa shape index (κ3) is 3.81. The molecule has 0 radical (unpaired) electrons. The second-order valence-corrected chi connectivity index (χ2v) is 6.57. The Balaban J connectivity index is 1.36. The Kier molecular flexibility index (Phi) is 4.93. The molecule has 0 aliphatic carbocycles.